The fourth-order valence-electron chi connectivity index (χ4n) is 3.31. The van der Waals surface area contributed by atoms with E-state index in [0.717, 1.165) is 34.9 Å². The first-order valence-corrected chi connectivity index (χ1v) is 8.55. The third-order valence-electron chi connectivity index (χ3n) is 4.81. The van der Waals surface area contributed by atoms with Gasteiger partial charge in [0.25, 0.3) is 0 Å². The average molecular weight is 389 g/mol. The first kappa shape index (κ1) is 19.7. The van der Waals surface area contributed by atoms with Gasteiger partial charge >= 0.3 is 12.1 Å². The van der Waals surface area contributed by atoms with Crippen molar-refractivity contribution in [3.8, 4) is 11.1 Å². The molecular weight excluding hydrogens is 371 g/mol. The van der Waals surface area contributed by atoms with Crippen molar-refractivity contribution in [1.82, 2.24) is 4.90 Å². The van der Waals surface area contributed by atoms with E-state index in [1.807, 2.05) is 12.1 Å². The lowest BCUT2D eigenvalue weighted by Gasteiger charge is -2.34. The summed E-state index contributed by atoms with van der Waals surface area (Å²) in [5.74, 6) is -0.895. The van der Waals surface area contributed by atoms with Crippen molar-refractivity contribution in [2.45, 2.75) is 25.2 Å². The van der Waals surface area contributed by atoms with Gasteiger partial charge in [-0.15, -0.1) is 0 Å². The van der Waals surface area contributed by atoms with Crippen molar-refractivity contribution in [3.63, 3.8) is 0 Å². The van der Waals surface area contributed by atoms with Crippen LogP contribution in [0.3, 0.4) is 0 Å². The first-order valence-electron chi connectivity index (χ1n) is 8.55. The van der Waals surface area contributed by atoms with Crippen LogP contribution < -0.4 is 0 Å². The van der Waals surface area contributed by atoms with Crippen LogP contribution in [-0.2, 0) is 33.5 Å². The predicted molar refractivity (Wildman–Crippen MR) is 97.1 cm³/mol. The van der Waals surface area contributed by atoms with Gasteiger partial charge in [-0.05, 0) is 46.5 Å². The minimum Gasteiger partial charge on any atom is -0.467 e. The molecule has 0 aromatic heterocycles. The van der Waals surface area contributed by atoms with Gasteiger partial charge in [-0.3, -0.25) is 4.79 Å². The number of amides is 1. The van der Waals surface area contributed by atoms with Gasteiger partial charge in [0.2, 0.25) is 5.91 Å². The topological polar surface area (TPSA) is 46.6 Å². The molecule has 0 unspecified atom stereocenters. The zero-order chi connectivity index (χ0) is 20.5. The highest BCUT2D eigenvalue weighted by Crippen LogP contribution is 2.33. The highest BCUT2D eigenvalue weighted by molar-refractivity contribution is 5.91. The molecule has 146 valence electrons. The van der Waals surface area contributed by atoms with E-state index in [-0.39, 0.29) is 12.5 Å². The maximum atomic E-state index is 12.7. The van der Waals surface area contributed by atoms with E-state index in [2.05, 4.69) is 6.58 Å². The van der Waals surface area contributed by atoms with Crippen LogP contribution in [0.15, 0.2) is 55.1 Å². The molecule has 3 rings (SSSR count). The number of esters is 1. The molecule has 28 heavy (non-hydrogen) atoms. The second-order valence-corrected chi connectivity index (χ2v) is 6.47. The van der Waals surface area contributed by atoms with Crippen molar-refractivity contribution in [3.05, 3.63) is 71.8 Å². The van der Waals surface area contributed by atoms with Gasteiger partial charge in [0, 0.05) is 13.0 Å². The Kier molecular flexibility index (Phi) is 5.27. The Morgan fingerprint density at radius 1 is 1.11 bits per heavy atom. The van der Waals surface area contributed by atoms with E-state index in [0.29, 0.717) is 12.0 Å². The third-order valence-corrected chi connectivity index (χ3v) is 4.81. The van der Waals surface area contributed by atoms with Crippen LogP contribution in [-0.4, -0.2) is 29.9 Å². The van der Waals surface area contributed by atoms with Gasteiger partial charge in [0.1, 0.15) is 6.04 Å². The molecule has 0 bridgehead atoms. The largest absolute Gasteiger partial charge is 0.467 e. The number of nitrogens with zero attached hydrogens (tertiary/aromatic N) is 1. The molecule has 1 aliphatic heterocycles. The molecule has 1 amide bonds. The van der Waals surface area contributed by atoms with Crippen LogP contribution in [0.1, 0.15) is 16.7 Å². The van der Waals surface area contributed by atoms with Crippen molar-refractivity contribution in [2.24, 2.45) is 0 Å². The van der Waals surface area contributed by atoms with Crippen molar-refractivity contribution >= 4 is 11.9 Å². The summed E-state index contributed by atoms with van der Waals surface area (Å²) in [6, 6.07) is 9.61. The van der Waals surface area contributed by atoms with Crippen molar-refractivity contribution < 1.29 is 27.5 Å². The number of fused-ring (bicyclic) bond motifs is 1. The molecule has 1 aliphatic rings. The molecule has 2 aromatic carbocycles. The molecule has 0 saturated heterocycles. The SMILES string of the molecule is C=CC(=O)N1Cc2cc(-c3ccc(C(F)(F)F)cc3)ccc2C[C@@H]1C(=O)OC. The van der Waals surface area contributed by atoms with E-state index < -0.39 is 23.8 Å². The minimum absolute atomic E-state index is 0.189. The molecule has 4 nitrogen and oxygen atoms in total. The number of benzene rings is 2. The molecule has 1 atom stereocenters. The number of hydrogen-bond donors (Lipinski definition) is 0. The normalized spacial score (nSPS) is 16.3. The Balaban J connectivity index is 1.94. The summed E-state index contributed by atoms with van der Waals surface area (Å²) in [4.78, 5) is 25.6. The number of halogens is 3. The maximum Gasteiger partial charge on any atom is 0.416 e. The van der Waals surface area contributed by atoms with Crippen LogP contribution in [0.2, 0.25) is 0 Å². The lowest BCUT2D eigenvalue weighted by molar-refractivity contribution is -0.152. The van der Waals surface area contributed by atoms with E-state index in [9.17, 15) is 22.8 Å². The zero-order valence-corrected chi connectivity index (χ0v) is 15.1. The zero-order valence-electron chi connectivity index (χ0n) is 15.1. The molecule has 0 radical (unpaired) electrons. The number of hydrogen-bond acceptors (Lipinski definition) is 3. The first-order chi connectivity index (χ1) is 13.2. The van der Waals surface area contributed by atoms with Crippen LogP contribution >= 0.6 is 0 Å². The second kappa shape index (κ2) is 7.50. The number of methoxy groups -OCH3 is 1. The Bertz CT molecular complexity index is 919. The Morgan fingerprint density at radius 3 is 2.32 bits per heavy atom. The summed E-state index contributed by atoms with van der Waals surface area (Å²) in [6.07, 6.45) is -2.95. The van der Waals surface area contributed by atoms with Gasteiger partial charge in [0.15, 0.2) is 0 Å². The molecule has 1 heterocycles. The van der Waals surface area contributed by atoms with Crippen LogP contribution in [0.5, 0.6) is 0 Å². The van der Waals surface area contributed by atoms with Crippen LogP contribution in [0, 0.1) is 0 Å². The fraction of sp³-hybridized carbons (Fsp3) is 0.238. The van der Waals surface area contributed by atoms with Gasteiger partial charge < -0.3 is 9.64 Å². The number of carbonyl (C=O) groups excluding carboxylic acids is 2. The standard InChI is InChI=1S/C21H18F3NO3/c1-3-19(26)25-12-16-10-14(4-5-15(16)11-18(25)20(27)28-2)13-6-8-17(9-7-13)21(22,23)24/h3-10,18H,1,11-12H2,2H3/t18-/m1/s1. The Labute approximate surface area is 160 Å². The number of ether oxygens (including phenoxy) is 1. The lowest BCUT2D eigenvalue weighted by atomic mass is 9.90. The molecule has 0 fully saturated rings. The summed E-state index contributed by atoms with van der Waals surface area (Å²) < 4.78 is 43.0. The van der Waals surface area contributed by atoms with E-state index in [4.69, 9.17) is 4.74 Å². The molecule has 0 N–H and O–H groups in total. The third kappa shape index (κ3) is 3.78. The van der Waals surface area contributed by atoms with Gasteiger partial charge in [-0.1, -0.05) is 30.8 Å². The smallest absolute Gasteiger partial charge is 0.416 e. The summed E-state index contributed by atoms with van der Waals surface area (Å²) in [5, 5.41) is 0. The molecular formula is C21H18F3NO3. The monoisotopic (exact) mass is 389 g/mol. The molecule has 7 heteroatoms. The summed E-state index contributed by atoms with van der Waals surface area (Å²) in [6.45, 7) is 3.66. The summed E-state index contributed by atoms with van der Waals surface area (Å²) in [7, 11) is 1.27. The van der Waals surface area contributed by atoms with Gasteiger partial charge in [0.05, 0.1) is 12.7 Å². The highest BCUT2D eigenvalue weighted by Gasteiger charge is 2.34. The Hall–Kier alpha value is -3.09. The van der Waals surface area contributed by atoms with Crippen LogP contribution in [0.4, 0.5) is 13.2 Å². The van der Waals surface area contributed by atoms with E-state index >= 15 is 0 Å². The number of alkyl halides is 3. The Morgan fingerprint density at radius 2 is 1.75 bits per heavy atom. The van der Waals surface area contributed by atoms with E-state index in [1.165, 1.54) is 24.1 Å². The predicted octanol–water partition coefficient (Wildman–Crippen LogP) is 3.98. The quantitative estimate of drug-likeness (QED) is 0.589. The second-order valence-electron chi connectivity index (χ2n) is 6.47. The average Bonchev–Trinajstić information content (AvgIpc) is 2.70. The highest BCUT2D eigenvalue weighted by atomic mass is 19.4. The maximum absolute atomic E-state index is 12.7. The molecule has 0 saturated carbocycles. The fourth-order valence-corrected chi connectivity index (χ4v) is 3.31. The van der Waals surface area contributed by atoms with E-state index in [1.54, 1.807) is 6.07 Å². The van der Waals surface area contributed by atoms with Crippen molar-refractivity contribution in [1.29, 1.82) is 0 Å². The molecule has 2 aromatic rings. The van der Waals surface area contributed by atoms with Gasteiger partial charge in [-0.2, -0.15) is 13.2 Å². The molecule has 0 aliphatic carbocycles. The number of carbonyl (C=O) groups is 2. The van der Waals surface area contributed by atoms with Crippen molar-refractivity contribution in [2.75, 3.05) is 7.11 Å². The summed E-state index contributed by atoms with van der Waals surface area (Å²) >= 11 is 0. The van der Waals surface area contributed by atoms with Crippen LogP contribution in [0.25, 0.3) is 11.1 Å². The lowest BCUT2D eigenvalue weighted by Crippen LogP contribution is -2.48. The minimum atomic E-state index is -4.39. The summed E-state index contributed by atoms with van der Waals surface area (Å²) in [5.41, 5.74) is 2.37. The van der Waals surface area contributed by atoms with Gasteiger partial charge in [-0.25, -0.2) is 4.79 Å². The molecule has 0 spiro atoms. The number of rotatable bonds is 3.